The van der Waals surface area contributed by atoms with Gasteiger partial charge in [-0.15, -0.1) is 5.10 Å². The lowest BCUT2D eigenvalue weighted by Crippen LogP contribution is -2.33. The zero-order chi connectivity index (χ0) is 28.9. The van der Waals surface area contributed by atoms with Crippen molar-refractivity contribution in [2.45, 2.75) is 60.8 Å². The molecule has 0 aliphatic heterocycles. The Balaban J connectivity index is 0.000000753. The van der Waals surface area contributed by atoms with Gasteiger partial charge < -0.3 is 9.47 Å². The maximum Gasteiger partial charge on any atom is 0.349 e. The van der Waals surface area contributed by atoms with Gasteiger partial charge in [-0.25, -0.2) is 9.79 Å². The summed E-state index contributed by atoms with van der Waals surface area (Å²) >= 11 is 6.52. The fraction of sp³-hybridized carbons (Fsp3) is 0.414. The van der Waals surface area contributed by atoms with Crippen molar-refractivity contribution < 1.29 is 9.47 Å². The Kier molecular flexibility index (Phi) is 9.36. The highest BCUT2D eigenvalue weighted by Crippen LogP contribution is 2.43. The van der Waals surface area contributed by atoms with E-state index < -0.39 is 16.9 Å². The number of aliphatic imine (C=N–C) groups is 1. The molecule has 1 aromatic heterocycles. The molecule has 1 aliphatic rings. The van der Waals surface area contributed by atoms with E-state index in [1.165, 1.54) is 18.9 Å². The molecule has 10 heteroatoms. The summed E-state index contributed by atoms with van der Waals surface area (Å²) in [6.45, 7) is 12.4. The van der Waals surface area contributed by atoms with Crippen LogP contribution in [0.3, 0.4) is 0 Å². The Labute approximate surface area is 233 Å². The van der Waals surface area contributed by atoms with Crippen molar-refractivity contribution in [2.75, 3.05) is 7.11 Å². The molecule has 9 nitrogen and oxygen atoms in total. The zero-order valence-corrected chi connectivity index (χ0v) is 24.1. The molecule has 3 aromatic rings. The van der Waals surface area contributed by atoms with Gasteiger partial charge in [0.25, 0.3) is 5.56 Å². The molecule has 0 unspecified atom stereocenters. The Morgan fingerprint density at radius 3 is 2.44 bits per heavy atom. The van der Waals surface area contributed by atoms with E-state index in [1.807, 2.05) is 39.8 Å². The molecule has 1 saturated carbocycles. The van der Waals surface area contributed by atoms with Crippen LogP contribution in [0.5, 0.6) is 11.5 Å². The second-order valence-corrected chi connectivity index (χ2v) is 10.8. The Morgan fingerprint density at radius 1 is 1.26 bits per heavy atom. The molecule has 0 amide bonds. The first-order valence-corrected chi connectivity index (χ1v) is 13.1. The average Bonchev–Trinajstić information content (AvgIpc) is 3.58. The highest BCUT2D eigenvalue weighted by atomic mass is 35.5. The van der Waals surface area contributed by atoms with Crippen LogP contribution in [0, 0.1) is 29.6 Å². The Bertz CT molecular complexity index is 1540. The summed E-state index contributed by atoms with van der Waals surface area (Å²) in [5, 5.41) is 13.1. The minimum Gasteiger partial charge on any atom is -0.484 e. The first-order valence-electron chi connectivity index (χ1n) is 12.8. The summed E-state index contributed by atoms with van der Waals surface area (Å²) in [7, 11) is 1.60. The van der Waals surface area contributed by atoms with Gasteiger partial charge in [0, 0.05) is 5.92 Å². The second kappa shape index (κ2) is 12.3. The SMILES string of the molecule is CC1(C)CC1.CCc1cc(-n2nc(C#N)c(=O)[nH]c2=O)cc(Cl)c1Oc1ccc(N=C(OC)C(C)C)c(C)c1. The van der Waals surface area contributed by atoms with Crippen molar-refractivity contribution in [2.24, 2.45) is 16.3 Å². The standard InChI is InChI=1S/C24H24ClN5O4.C5H10/c1-6-15-10-16(30-24(32)28-22(31)20(12-26)29-30)11-18(25)21(15)34-17-7-8-19(14(4)9-17)27-23(33-5)13(2)3;1-5(2)3-4-5/h7-11,13H,6H2,1-5H3,(H,28,31,32);3-4H2,1-2H3. The molecule has 0 bridgehead atoms. The maximum atomic E-state index is 12.2. The van der Waals surface area contributed by atoms with Gasteiger partial charge in [-0.3, -0.25) is 9.78 Å². The number of nitrogens with one attached hydrogen (secondary N) is 1. The number of aromatic amines is 1. The first kappa shape index (κ1) is 29.7. The van der Waals surface area contributed by atoms with Crippen LogP contribution < -0.4 is 16.0 Å². The van der Waals surface area contributed by atoms with Crippen molar-refractivity contribution in [1.29, 1.82) is 5.26 Å². The number of halogens is 1. The van der Waals surface area contributed by atoms with Crippen LogP contribution in [-0.4, -0.2) is 27.8 Å². The lowest BCUT2D eigenvalue weighted by atomic mass is 10.1. The molecule has 1 N–H and O–H groups in total. The second-order valence-electron chi connectivity index (χ2n) is 10.4. The summed E-state index contributed by atoms with van der Waals surface area (Å²) in [5.74, 6) is 1.78. The van der Waals surface area contributed by atoms with E-state index in [-0.39, 0.29) is 10.9 Å². The number of aryl methyl sites for hydroxylation is 2. The molecule has 39 heavy (non-hydrogen) atoms. The van der Waals surface area contributed by atoms with Crippen LogP contribution in [0.1, 0.15) is 64.3 Å². The number of H-pyrrole nitrogens is 1. The summed E-state index contributed by atoms with van der Waals surface area (Å²) < 4.78 is 12.4. The number of methoxy groups -OCH3 is 1. The molecule has 0 saturated heterocycles. The van der Waals surface area contributed by atoms with Crippen molar-refractivity contribution in [3.8, 4) is 23.3 Å². The van der Waals surface area contributed by atoms with Gasteiger partial charge in [-0.2, -0.15) is 9.94 Å². The monoisotopic (exact) mass is 551 g/mol. The third-order valence-corrected chi connectivity index (χ3v) is 6.52. The quantitative estimate of drug-likeness (QED) is 0.285. The van der Waals surface area contributed by atoms with Crippen molar-refractivity contribution >= 4 is 23.2 Å². The van der Waals surface area contributed by atoms with Crippen LogP contribution in [0.2, 0.25) is 5.02 Å². The highest BCUT2D eigenvalue weighted by Gasteiger charge is 2.30. The summed E-state index contributed by atoms with van der Waals surface area (Å²) in [6, 6.07) is 10.3. The molecule has 1 aliphatic carbocycles. The van der Waals surface area contributed by atoms with E-state index in [9.17, 15) is 9.59 Å². The predicted molar refractivity (Wildman–Crippen MR) is 153 cm³/mol. The van der Waals surface area contributed by atoms with Gasteiger partial charge in [0.2, 0.25) is 5.69 Å². The molecular formula is C29H34ClN5O4. The van der Waals surface area contributed by atoms with Gasteiger partial charge in [0.05, 0.1) is 23.5 Å². The van der Waals surface area contributed by atoms with Crippen molar-refractivity contribution in [3.63, 3.8) is 0 Å². The number of hydrogen-bond acceptors (Lipinski definition) is 7. The Hall–Kier alpha value is -3.90. The maximum absolute atomic E-state index is 12.2. The summed E-state index contributed by atoms with van der Waals surface area (Å²) in [5.41, 5.74) is 1.37. The number of ether oxygens (including phenoxy) is 2. The molecular weight excluding hydrogens is 518 g/mol. The fourth-order valence-electron chi connectivity index (χ4n) is 3.50. The van der Waals surface area contributed by atoms with Gasteiger partial charge >= 0.3 is 5.69 Å². The highest BCUT2D eigenvalue weighted by molar-refractivity contribution is 6.32. The van der Waals surface area contributed by atoms with Crippen molar-refractivity contribution in [1.82, 2.24) is 14.8 Å². The van der Waals surface area contributed by atoms with E-state index in [1.54, 1.807) is 25.3 Å². The first-order chi connectivity index (χ1) is 18.4. The number of nitrogens with zero attached hydrogens (tertiary/aromatic N) is 4. The molecule has 4 rings (SSSR count). The molecule has 2 aromatic carbocycles. The molecule has 1 heterocycles. The van der Waals surface area contributed by atoms with Gasteiger partial charge in [0.15, 0.2) is 5.90 Å². The van der Waals surface area contributed by atoms with E-state index in [4.69, 9.17) is 26.3 Å². The van der Waals surface area contributed by atoms with Gasteiger partial charge in [-0.05, 0) is 73.1 Å². The zero-order valence-electron chi connectivity index (χ0n) is 23.4. The minimum atomic E-state index is -0.848. The van der Waals surface area contributed by atoms with Gasteiger partial charge in [0.1, 0.15) is 17.6 Å². The van der Waals surface area contributed by atoms with Crippen LogP contribution in [0.15, 0.2) is 44.9 Å². The average molecular weight is 552 g/mol. The van der Waals surface area contributed by atoms with Crippen LogP contribution >= 0.6 is 11.6 Å². The topological polar surface area (TPSA) is 122 Å². The molecule has 0 radical (unpaired) electrons. The normalized spacial score (nSPS) is 13.8. The fourth-order valence-corrected chi connectivity index (χ4v) is 3.77. The smallest absolute Gasteiger partial charge is 0.349 e. The van der Waals surface area contributed by atoms with E-state index in [0.717, 1.165) is 21.3 Å². The number of nitriles is 1. The number of aromatic nitrogens is 3. The third-order valence-electron chi connectivity index (χ3n) is 6.24. The Morgan fingerprint density at radius 2 is 1.92 bits per heavy atom. The van der Waals surface area contributed by atoms with E-state index in [0.29, 0.717) is 35.1 Å². The predicted octanol–water partition coefficient (Wildman–Crippen LogP) is 6.25. The number of benzene rings is 2. The largest absolute Gasteiger partial charge is 0.484 e. The lowest BCUT2D eigenvalue weighted by molar-refractivity contribution is 0.375. The minimum absolute atomic E-state index is 0.151. The third kappa shape index (κ3) is 7.58. The van der Waals surface area contributed by atoms with Crippen LogP contribution in [0.4, 0.5) is 5.69 Å². The van der Waals surface area contributed by atoms with Gasteiger partial charge in [-0.1, -0.05) is 46.2 Å². The van der Waals surface area contributed by atoms with E-state index >= 15 is 0 Å². The number of hydrogen-bond donors (Lipinski definition) is 1. The van der Waals surface area contributed by atoms with Crippen LogP contribution in [-0.2, 0) is 11.2 Å². The molecule has 0 atom stereocenters. The lowest BCUT2D eigenvalue weighted by Gasteiger charge is -2.15. The summed E-state index contributed by atoms with van der Waals surface area (Å²) in [4.78, 5) is 30.5. The molecule has 1 fully saturated rings. The molecule has 206 valence electrons. The summed E-state index contributed by atoms with van der Waals surface area (Å²) in [6.07, 6.45) is 3.44. The number of rotatable bonds is 6. The molecule has 0 spiro atoms. The van der Waals surface area contributed by atoms with Crippen LogP contribution in [0.25, 0.3) is 5.69 Å². The van der Waals surface area contributed by atoms with Crippen molar-refractivity contribution in [3.05, 3.63) is 73.0 Å². The van der Waals surface area contributed by atoms with E-state index in [2.05, 4.69) is 28.9 Å².